The van der Waals surface area contributed by atoms with Crippen molar-refractivity contribution in [1.29, 1.82) is 0 Å². The van der Waals surface area contributed by atoms with Gasteiger partial charge in [-0.1, -0.05) is 0 Å². The minimum Gasteiger partial charge on any atom is -0.475 e. The van der Waals surface area contributed by atoms with Gasteiger partial charge in [-0.15, -0.1) is 0 Å². The minimum absolute atomic E-state index is 0.481. The molecule has 0 amide bonds. The molecule has 1 aliphatic heterocycles. The van der Waals surface area contributed by atoms with Crippen molar-refractivity contribution < 1.29 is 27.8 Å². The second-order valence-electron chi connectivity index (χ2n) is 1.96. The lowest BCUT2D eigenvalue weighted by atomic mass is 10.6. The highest BCUT2D eigenvalue weighted by Gasteiger charge is 2.38. The standard InChI is InChI=1S/C4H6N2O.C2HF3O2/c5-4-6-2-1-3-7-4;3-2(4,5)1(6)7/h1-4H,5H2;(H,6,7). The van der Waals surface area contributed by atoms with Gasteiger partial charge in [-0.05, 0) is 6.08 Å². The number of allylic oxidation sites excluding steroid dienone is 1. The fourth-order valence-electron chi connectivity index (χ4n) is 0.331. The fraction of sp³-hybridized carbons (Fsp3) is 0.333. The van der Waals surface area contributed by atoms with E-state index < -0.39 is 18.5 Å². The van der Waals surface area contributed by atoms with Crippen LogP contribution in [0.25, 0.3) is 0 Å². The van der Waals surface area contributed by atoms with E-state index in [1.807, 2.05) is 0 Å². The van der Waals surface area contributed by atoms with Crippen LogP contribution in [-0.2, 0) is 9.53 Å². The van der Waals surface area contributed by atoms with Crippen molar-refractivity contribution in [3.8, 4) is 0 Å². The maximum Gasteiger partial charge on any atom is 0.490 e. The molecular formula is C6H7F3N2O3. The van der Waals surface area contributed by atoms with E-state index in [1.54, 1.807) is 12.3 Å². The molecule has 0 spiro atoms. The van der Waals surface area contributed by atoms with E-state index in [-0.39, 0.29) is 0 Å². The second kappa shape index (κ2) is 5.22. The molecule has 0 aromatic carbocycles. The number of aliphatic imine (C=N–C) groups is 1. The molecule has 8 heteroatoms. The van der Waals surface area contributed by atoms with Crippen LogP contribution in [0.1, 0.15) is 0 Å². The van der Waals surface area contributed by atoms with Gasteiger partial charge in [0.25, 0.3) is 0 Å². The molecule has 14 heavy (non-hydrogen) atoms. The Morgan fingerprint density at radius 3 is 2.21 bits per heavy atom. The van der Waals surface area contributed by atoms with Crippen molar-refractivity contribution in [3.63, 3.8) is 0 Å². The lowest BCUT2D eigenvalue weighted by Crippen LogP contribution is -2.21. The third-order valence-corrected chi connectivity index (χ3v) is 0.858. The third kappa shape index (κ3) is 6.00. The number of ether oxygens (including phenoxy) is 1. The summed E-state index contributed by atoms with van der Waals surface area (Å²) in [7, 11) is 0. The molecular weight excluding hydrogens is 205 g/mol. The molecule has 3 N–H and O–H groups in total. The van der Waals surface area contributed by atoms with Gasteiger partial charge in [0, 0.05) is 6.21 Å². The number of nitrogens with two attached hydrogens (primary N) is 1. The fourth-order valence-corrected chi connectivity index (χ4v) is 0.331. The van der Waals surface area contributed by atoms with Gasteiger partial charge in [0.1, 0.15) is 0 Å². The van der Waals surface area contributed by atoms with Crippen molar-refractivity contribution in [1.82, 2.24) is 0 Å². The lowest BCUT2D eigenvalue weighted by Gasteiger charge is -2.06. The summed E-state index contributed by atoms with van der Waals surface area (Å²) in [6.45, 7) is 0. The number of alkyl halides is 3. The lowest BCUT2D eigenvalue weighted by molar-refractivity contribution is -0.192. The molecule has 5 nitrogen and oxygen atoms in total. The number of hydrogen-bond donors (Lipinski definition) is 2. The zero-order valence-electron chi connectivity index (χ0n) is 6.73. The molecule has 0 radical (unpaired) electrons. The molecule has 1 atom stereocenters. The van der Waals surface area contributed by atoms with Gasteiger partial charge in [-0.3, -0.25) is 5.73 Å². The van der Waals surface area contributed by atoms with E-state index in [4.69, 9.17) is 15.6 Å². The van der Waals surface area contributed by atoms with E-state index in [0.717, 1.165) is 0 Å². The Hall–Kier alpha value is -1.57. The SMILES string of the molecule is NC1N=CC=CO1.O=C(O)C(F)(F)F. The first-order chi connectivity index (χ1) is 6.34. The molecule has 0 aromatic heterocycles. The van der Waals surface area contributed by atoms with E-state index in [0.29, 0.717) is 0 Å². The zero-order chi connectivity index (χ0) is 11.2. The highest BCUT2D eigenvalue weighted by Crippen LogP contribution is 2.13. The number of halogens is 3. The van der Waals surface area contributed by atoms with Crippen molar-refractivity contribution in [2.75, 3.05) is 0 Å². The first-order valence-corrected chi connectivity index (χ1v) is 3.23. The monoisotopic (exact) mass is 212 g/mol. The van der Waals surface area contributed by atoms with Crippen LogP contribution < -0.4 is 5.73 Å². The summed E-state index contributed by atoms with van der Waals surface area (Å²) in [5.74, 6) is -2.76. The van der Waals surface area contributed by atoms with Crippen LogP contribution in [0.2, 0.25) is 0 Å². The van der Waals surface area contributed by atoms with E-state index in [1.165, 1.54) is 6.26 Å². The molecule has 0 bridgehead atoms. The van der Waals surface area contributed by atoms with Gasteiger partial charge in [0.15, 0.2) is 0 Å². The van der Waals surface area contributed by atoms with Gasteiger partial charge in [0.05, 0.1) is 6.26 Å². The molecule has 0 saturated carbocycles. The molecule has 80 valence electrons. The number of carbonyl (C=O) groups is 1. The average molecular weight is 212 g/mol. The summed E-state index contributed by atoms with van der Waals surface area (Å²) in [5.41, 5.74) is 5.16. The number of carboxylic acid groups (broad SMARTS) is 1. The summed E-state index contributed by atoms with van der Waals surface area (Å²) >= 11 is 0. The predicted octanol–water partition coefficient (Wildman–Crippen LogP) is 0.477. The topological polar surface area (TPSA) is 84.9 Å². The summed E-state index contributed by atoms with van der Waals surface area (Å²) in [6.07, 6.45) is -0.764. The van der Waals surface area contributed by atoms with Crippen LogP contribution in [0, 0.1) is 0 Å². The highest BCUT2D eigenvalue weighted by molar-refractivity contribution is 5.73. The van der Waals surface area contributed by atoms with Gasteiger partial charge in [0.2, 0.25) is 6.35 Å². The second-order valence-corrected chi connectivity index (χ2v) is 1.96. The Balaban J connectivity index is 0.000000241. The Bertz CT molecular complexity index is 249. The molecule has 1 rings (SSSR count). The van der Waals surface area contributed by atoms with Gasteiger partial charge >= 0.3 is 12.1 Å². The van der Waals surface area contributed by atoms with Crippen LogP contribution in [0.4, 0.5) is 13.2 Å². The molecule has 0 saturated heterocycles. The zero-order valence-corrected chi connectivity index (χ0v) is 6.73. The van der Waals surface area contributed by atoms with Crippen LogP contribution in [0.5, 0.6) is 0 Å². The van der Waals surface area contributed by atoms with Crippen molar-refractivity contribution in [2.24, 2.45) is 10.7 Å². The predicted molar refractivity (Wildman–Crippen MR) is 40.4 cm³/mol. The Kier molecular flexibility index (Phi) is 4.64. The van der Waals surface area contributed by atoms with Gasteiger partial charge < -0.3 is 9.84 Å². The molecule has 1 heterocycles. The Morgan fingerprint density at radius 1 is 1.57 bits per heavy atom. The van der Waals surface area contributed by atoms with Crippen molar-refractivity contribution in [2.45, 2.75) is 12.5 Å². The largest absolute Gasteiger partial charge is 0.490 e. The number of nitrogens with zero attached hydrogens (tertiary/aromatic N) is 1. The Labute approximate surface area is 76.7 Å². The first-order valence-electron chi connectivity index (χ1n) is 3.23. The van der Waals surface area contributed by atoms with Crippen LogP contribution in [0.3, 0.4) is 0 Å². The maximum atomic E-state index is 10.6. The maximum absolute atomic E-state index is 10.6. The van der Waals surface area contributed by atoms with E-state index >= 15 is 0 Å². The van der Waals surface area contributed by atoms with Gasteiger partial charge in [-0.2, -0.15) is 13.2 Å². The number of rotatable bonds is 0. The first kappa shape index (κ1) is 12.4. The number of hydrogen-bond acceptors (Lipinski definition) is 4. The van der Waals surface area contributed by atoms with Crippen LogP contribution >= 0.6 is 0 Å². The van der Waals surface area contributed by atoms with Crippen molar-refractivity contribution >= 4 is 12.2 Å². The molecule has 0 aliphatic carbocycles. The summed E-state index contributed by atoms with van der Waals surface area (Å²) in [6, 6.07) is 0. The van der Waals surface area contributed by atoms with Crippen LogP contribution in [-0.4, -0.2) is 29.8 Å². The average Bonchev–Trinajstić information content (AvgIpc) is 2.04. The molecule has 0 aromatic rings. The molecule has 1 unspecified atom stereocenters. The third-order valence-electron chi connectivity index (χ3n) is 0.858. The molecule has 0 fully saturated rings. The normalized spacial score (nSPS) is 19.3. The molecule has 1 aliphatic rings. The summed E-state index contributed by atoms with van der Waals surface area (Å²) in [4.78, 5) is 12.6. The summed E-state index contributed by atoms with van der Waals surface area (Å²) < 4.78 is 36.4. The van der Waals surface area contributed by atoms with E-state index in [9.17, 15) is 13.2 Å². The smallest absolute Gasteiger partial charge is 0.475 e. The summed E-state index contributed by atoms with van der Waals surface area (Å²) in [5, 5.41) is 7.12. The quantitative estimate of drug-likeness (QED) is 0.611. The van der Waals surface area contributed by atoms with Crippen molar-refractivity contribution in [3.05, 3.63) is 12.3 Å². The van der Waals surface area contributed by atoms with E-state index in [2.05, 4.69) is 9.73 Å². The minimum atomic E-state index is -5.08. The van der Waals surface area contributed by atoms with Crippen LogP contribution in [0.15, 0.2) is 17.3 Å². The highest BCUT2D eigenvalue weighted by atomic mass is 19.4. The van der Waals surface area contributed by atoms with Gasteiger partial charge in [-0.25, -0.2) is 9.79 Å². The number of aliphatic carboxylic acids is 1. The number of carboxylic acids is 1. The Morgan fingerprint density at radius 2 is 2.07 bits per heavy atom.